The van der Waals surface area contributed by atoms with Gasteiger partial charge < -0.3 is 15.6 Å². The van der Waals surface area contributed by atoms with Crippen LogP contribution >= 0.6 is 0 Å². The molecule has 0 saturated heterocycles. The molecule has 124 valence electrons. The second kappa shape index (κ2) is 8.03. The number of halogens is 3. The van der Waals surface area contributed by atoms with Gasteiger partial charge in [0.05, 0.1) is 5.92 Å². The van der Waals surface area contributed by atoms with Crippen LogP contribution in [0.3, 0.4) is 0 Å². The molecule has 0 bridgehead atoms. The van der Waals surface area contributed by atoms with Gasteiger partial charge >= 0.3 is 12.3 Å². The number of nitrogens with two attached hydrogens (primary N) is 1. The Morgan fingerprint density at radius 1 is 1.41 bits per heavy atom. The lowest BCUT2D eigenvalue weighted by Crippen LogP contribution is -2.26. The zero-order chi connectivity index (χ0) is 16.8. The maximum atomic E-state index is 12.2. The molecule has 22 heavy (non-hydrogen) atoms. The van der Waals surface area contributed by atoms with Crippen LogP contribution < -0.4 is 10.5 Å². The Kier molecular flexibility index (Phi) is 6.67. The van der Waals surface area contributed by atoms with E-state index in [1.807, 2.05) is 6.92 Å². The summed E-state index contributed by atoms with van der Waals surface area (Å²) in [7, 11) is 0. The number of ether oxygens (including phenoxy) is 1. The predicted molar refractivity (Wildman–Crippen MR) is 75.4 cm³/mol. The van der Waals surface area contributed by atoms with Crippen LogP contribution in [0.1, 0.15) is 25.3 Å². The first-order valence-corrected chi connectivity index (χ1v) is 7.02. The molecule has 0 radical (unpaired) electrons. The number of carbonyl (C=O) groups is 1. The predicted octanol–water partition coefficient (Wildman–Crippen LogP) is 3.20. The van der Waals surface area contributed by atoms with E-state index in [0.717, 1.165) is 0 Å². The average molecular weight is 319 g/mol. The highest BCUT2D eigenvalue weighted by Gasteiger charge is 2.31. The zero-order valence-corrected chi connectivity index (χ0v) is 12.3. The number of aliphatic carboxylic acids is 1. The van der Waals surface area contributed by atoms with E-state index in [0.29, 0.717) is 24.8 Å². The van der Waals surface area contributed by atoms with Crippen molar-refractivity contribution in [1.29, 1.82) is 0 Å². The van der Waals surface area contributed by atoms with Gasteiger partial charge in [-0.25, -0.2) is 0 Å². The van der Waals surface area contributed by atoms with Crippen LogP contribution in [0.2, 0.25) is 0 Å². The first kappa shape index (κ1) is 18.3. The van der Waals surface area contributed by atoms with Crippen LogP contribution in [0.4, 0.5) is 13.2 Å². The molecule has 0 aliphatic rings. The maximum absolute atomic E-state index is 12.2. The number of hydrogen-bond acceptors (Lipinski definition) is 3. The molecule has 1 aromatic carbocycles. The van der Waals surface area contributed by atoms with Crippen molar-refractivity contribution in [2.45, 2.75) is 32.5 Å². The monoisotopic (exact) mass is 319 g/mol. The van der Waals surface area contributed by atoms with E-state index < -0.39 is 18.2 Å². The summed E-state index contributed by atoms with van der Waals surface area (Å²) in [6, 6.07) is 5.75. The number of alkyl halides is 3. The number of rotatable bonds is 8. The van der Waals surface area contributed by atoms with Gasteiger partial charge in [0.1, 0.15) is 5.75 Å². The van der Waals surface area contributed by atoms with Crippen LogP contribution in [-0.4, -0.2) is 24.0 Å². The number of benzene rings is 1. The van der Waals surface area contributed by atoms with Gasteiger partial charge in [-0.3, -0.25) is 4.79 Å². The normalized spacial score (nSPS) is 14.4. The lowest BCUT2D eigenvalue weighted by Gasteiger charge is -2.19. The summed E-state index contributed by atoms with van der Waals surface area (Å²) < 4.78 is 40.5. The Morgan fingerprint density at radius 3 is 2.59 bits per heavy atom. The standard InChI is InChI=1S/C15H20F3NO3/c1-2-10(7-12(9-19)14(20)21)6-11-4-3-5-13(8-11)22-15(16,17)18/h3-5,8,10,12H,2,6-7,9,19H2,1H3,(H,20,21). The molecule has 7 heteroatoms. The molecule has 4 nitrogen and oxygen atoms in total. The van der Waals surface area contributed by atoms with Gasteiger partial charge in [0.15, 0.2) is 0 Å². The fourth-order valence-electron chi connectivity index (χ4n) is 2.30. The van der Waals surface area contributed by atoms with Crippen LogP contribution in [0.25, 0.3) is 0 Å². The Labute approximate surface area is 127 Å². The maximum Gasteiger partial charge on any atom is 0.573 e. The zero-order valence-electron chi connectivity index (χ0n) is 12.3. The molecule has 3 N–H and O–H groups in total. The molecule has 0 saturated carbocycles. The van der Waals surface area contributed by atoms with Crippen molar-refractivity contribution < 1.29 is 27.8 Å². The fourth-order valence-corrected chi connectivity index (χ4v) is 2.30. The van der Waals surface area contributed by atoms with E-state index in [9.17, 15) is 18.0 Å². The average Bonchev–Trinajstić information content (AvgIpc) is 2.41. The third-order valence-electron chi connectivity index (χ3n) is 3.49. The molecule has 1 aromatic rings. The molecule has 0 aliphatic heterocycles. The van der Waals surface area contributed by atoms with E-state index in [1.165, 1.54) is 18.2 Å². The smallest absolute Gasteiger partial charge is 0.481 e. The highest BCUT2D eigenvalue weighted by atomic mass is 19.4. The lowest BCUT2D eigenvalue weighted by molar-refractivity contribution is -0.274. The first-order valence-electron chi connectivity index (χ1n) is 7.02. The topological polar surface area (TPSA) is 72.5 Å². The summed E-state index contributed by atoms with van der Waals surface area (Å²) in [4.78, 5) is 11.0. The van der Waals surface area contributed by atoms with E-state index in [1.54, 1.807) is 6.07 Å². The molecule has 0 heterocycles. The number of carboxylic acid groups (broad SMARTS) is 1. The van der Waals surface area contributed by atoms with E-state index in [4.69, 9.17) is 10.8 Å². The SMILES string of the molecule is CCC(Cc1cccc(OC(F)(F)F)c1)CC(CN)C(=O)O. The second-order valence-electron chi connectivity index (χ2n) is 5.18. The van der Waals surface area contributed by atoms with Crippen molar-refractivity contribution in [3.8, 4) is 5.75 Å². The highest BCUT2D eigenvalue weighted by molar-refractivity contribution is 5.70. The van der Waals surface area contributed by atoms with Crippen molar-refractivity contribution in [1.82, 2.24) is 0 Å². The van der Waals surface area contributed by atoms with Crippen LogP contribution in [0.5, 0.6) is 5.75 Å². The molecular weight excluding hydrogens is 299 g/mol. The Hall–Kier alpha value is -1.76. The van der Waals surface area contributed by atoms with E-state index in [-0.39, 0.29) is 18.2 Å². The lowest BCUT2D eigenvalue weighted by atomic mass is 9.87. The Bertz CT molecular complexity index is 491. The Balaban J connectivity index is 2.74. The van der Waals surface area contributed by atoms with Gasteiger partial charge in [0.2, 0.25) is 0 Å². The minimum Gasteiger partial charge on any atom is -0.481 e. The molecule has 0 amide bonds. The summed E-state index contributed by atoms with van der Waals surface area (Å²) in [6.45, 7) is 1.96. The van der Waals surface area contributed by atoms with Gasteiger partial charge in [-0.1, -0.05) is 25.5 Å². The quantitative estimate of drug-likeness (QED) is 0.772. The van der Waals surface area contributed by atoms with Crippen molar-refractivity contribution in [2.75, 3.05) is 6.54 Å². The third kappa shape index (κ3) is 6.34. The van der Waals surface area contributed by atoms with Gasteiger partial charge in [0.25, 0.3) is 0 Å². The van der Waals surface area contributed by atoms with Gasteiger partial charge in [0, 0.05) is 6.54 Å². The van der Waals surface area contributed by atoms with Gasteiger partial charge in [-0.15, -0.1) is 13.2 Å². The molecule has 2 atom stereocenters. The van der Waals surface area contributed by atoms with Gasteiger partial charge in [-0.05, 0) is 36.5 Å². The van der Waals surface area contributed by atoms with Crippen molar-refractivity contribution in [3.63, 3.8) is 0 Å². The van der Waals surface area contributed by atoms with Crippen molar-refractivity contribution in [2.24, 2.45) is 17.6 Å². The highest BCUT2D eigenvalue weighted by Crippen LogP contribution is 2.26. The molecule has 0 spiro atoms. The van der Waals surface area contributed by atoms with Crippen molar-refractivity contribution in [3.05, 3.63) is 29.8 Å². The summed E-state index contributed by atoms with van der Waals surface area (Å²) >= 11 is 0. The summed E-state index contributed by atoms with van der Waals surface area (Å²) in [6.07, 6.45) is -3.13. The second-order valence-corrected chi connectivity index (χ2v) is 5.18. The molecule has 0 fully saturated rings. The number of carboxylic acids is 1. The van der Waals surface area contributed by atoms with E-state index >= 15 is 0 Å². The fraction of sp³-hybridized carbons (Fsp3) is 0.533. The molecular formula is C15H20F3NO3. The Morgan fingerprint density at radius 2 is 2.09 bits per heavy atom. The molecule has 1 rings (SSSR count). The molecule has 0 aromatic heterocycles. The number of hydrogen-bond donors (Lipinski definition) is 2. The van der Waals surface area contributed by atoms with Crippen LogP contribution in [0.15, 0.2) is 24.3 Å². The minimum absolute atomic E-state index is 0.0331. The molecule has 2 unspecified atom stereocenters. The summed E-state index contributed by atoms with van der Waals surface area (Å²) in [5.41, 5.74) is 6.11. The van der Waals surface area contributed by atoms with Gasteiger partial charge in [-0.2, -0.15) is 0 Å². The minimum atomic E-state index is -4.73. The van der Waals surface area contributed by atoms with Crippen LogP contribution in [0, 0.1) is 11.8 Å². The van der Waals surface area contributed by atoms with E-state index in [2.05, 4.69) is 4.74 Å². The largest absolute Gasteiger partial charge is 0.573 e. The summed E-state index contributed by atoms with van der Waals surface area (Å²) in [5.74, 6) is -1.83. The molecule has 0 aliphatic carbocycles. The summed E-state index contributed by atoms with van der Waals surface area (Å²) in [5, 5.41) is 9.03. The first-order chi connectivity index (χ1) is 10.2. The van der Waals surface area contributed by atoms with Crippen LogP contribution in [-0.2, 0) is 11.2 Å². The third-order valence-corrected chi connectivity index (χ3v) is 3.49. The van der Waals surface area contributed by atoms with Crippen molar-refractivity contribution >= 4 is 5.97 Å².